The van der Waals surface area contributed by atoms with Gasteiger partial charge in [0.05, 0.1) is 11.9 Å². The lowest BCUT2D eigenvalue weighted by molar-refractivity contribution is 0.174. The van der Waals surface area contributed by atoms with Crippen LogP contribution in [0.5, 0.6) is 11.5 Å². The lowest BCUT2D eigenvalue weighted by atomic mass is 10.1. The summed E-state index contributed by atoms with van der Waals surface area (Å²) in [4.78, 5) is 7.78. The van der Waals surface area contributed by atoms with Crippen LogP contribution in [0.25, 0.3) is 11.3 Å². The number of nitrogens with zero attached hydrogens (tertiary/aromatic N) is 1. The molecule has 0 spiro atoms. The quantitative estimate of drug-likeness (QED) is 0.793. The Hall–Kier alpha value is -2.01. The fraction of sp³-hybridized carbons (Fsp3) is 0.400. The number of aromatic nitrogens is 2. The number of ether oxygens (including phenoxy) is 2. The smallest absolute Gasteiger partial charge is 0.231 e. The third-order valence-corrected chi connectivity index (χ3v) is 3.43. The molecule has 1 aliphatic rings. The van der Waals surface area contributed by atoms with Gasteiger partial charge in [0.15, 0.2) is 11.5 Å². The van der Waals surface area contributed by atoms with Crippen molar-refractivity contribution in [1.82, 2.24) is 9.97 Å². The summed E-state index contributed by atoms with van der Waals surface area (Å²) in [6, 6.07) is 5.92. The summed E-state index contributed by atoms with van der Waals surface area (Å²) in [5, 5.41) is 0. The maximum absolute atomic E-state index is 5.49. The van der Waals surface area contributed by atoms with E-state index < -0.39 is 0 Å². The zero-order valence-electron chi connectivity index (χ0n) is 11.4. The Morgan fingerprint density at radius 3 is 2.95 bits per heavy atom. The molecule has 1 aliphatic heterocycles. The fourth-order valence-electron chi connectivity index (χ4n) is 2.31. The number of H-pyrrole nitrogens is 1. The van der Waals surface area contributed by atoms with Crippen molar-refractivity contribution in [2.75, 3.05) is 13.3 Å². The van der Waals surface area contributed by atoms with E-state index in [1.807, 2.05) is 24.4 Å². The van der Waals surface area contributed by atoms with Crippen molar-refractivity contribution in [2.45, 2.75) is 25.7 Å². The van der Waals surface area contributed by atoms with Crippen molar-refractivity contribution in [3.05, 3.63) is 30.2 Å². The van der Waals surface area contributed by atoms with E-state index in [0.717, 1.165) is 60.8 Å². The highest BCUT2D eigenvalue weighted by molar-refractivity contribution is 5.64. The minimum atomic E-state index is 0.300. The number of nitrogens with two attached hydrogens (primary N) is 1. The van der Waals surface area contributed by atoms with E-state index in [0.29, 0.717) is 6.79 Å². The van der Waals surface area contributed by atoms with E-state index in [2.05, 4.69) is 9.97 Å². The van der Waals surface area contributed by atoms with E-state index in [-0.39, 0.29) is 0 Å². The third kappa shape index (κ3) is 2.77. The zero-order chi connectivity index (χ0) is 13.8. The first-order valence-corrected chi connectivity index (χ1v) is 7.01. The van der Waals surface area contributed by atoms with Crippen LogP contribution in [0.1, 0.15) is 25.1 Å². The molecule has 1 aromatic heterocycles. The van der Waals surface area contributed by atoms with Gasteiger partial charge in [-0.1, -0.05) is 6.42 Å². The summed E-state index contributed by atoms with van der Waals surface area (Å²) in [5.74, 6) is 2.62. The van der Waals surface area contributed by atoms with Gasteiger partial charge in [-0.25, -0.2) is 4.98 Å². The number of nitrogens with one attached hydrogen (secondary N) is 1. The van der Waals surface area contributed by atoms with Crippen molar-refractivity contribution in [1.29, 1.82) is 0 Å². The largest absolute Gasteiger partial charge is 0.454 e. The molecule has 0 unspecified atom stereocenters. The number of hydrogen-bond donors (Lipinski definition) is 2. The van der Waals surface area contributed by atoms with Crippen LogP contribution in [0, 0.1) is 0 Å². The molecule has 0 atom stereocenters. The Balaban J connectivity index is 1.67. The minimum Gasteiger partial charge on any atom is -0.454 e. The third-order valence-electron chi connectivity index (χ3n) is 3.43. The summed E-state index contributed by atoms with van der Waals surface area (Å²) < 4.78 is 10.7. The van der Waals surface area contributed by atoms with Crippen LogP contribution in [0.2, 0.25) is 0 Å². The number of unbranched alkanes of at least 4 members (excludes halogenated alkanes) is 2. The van der Waals surface area contributed by atoms with Crippen molar-refractivity contribution in [2.24, 2.45) is 5.73 Å². The molecule has 5 heteroatoms. The number of imidazole rings is 1. The normalized spacial score (nSPS) is 12.8. The zero-order valence-corrected chi connectivity index (χ0v) is 11.4. The van der Waals surface area contributed by atoms with Gasteiger partial charge < -0.3 is 20.2 Å². The van der Waals surface area contributed by atoms with Crippen molar-refractivity contribution in [3.63, 3.8) is 0 Å². The number of hydrogen-bond acceptors (Lipinski definition) is 4. The Morgan fingerprint density at radius 2 is 2.05 bits per heavy atom. The lowest BCUT2D eigenvalue weighted by Crippen LogP contribution is -1.98. The van der Waals surface area contributed by atoms with Crippen LogP contribution in [0.15, 0.2) is 24.4 Å². The van der Waals surface area contributed by atoms with E-state index in [4.69, 9.17) is 15.2 Å². The van der Waals surface area contributed by atoms with Crippen molar-refractivity contribution in [3.8, 4) is 22.8 Å². The number of aromatic amines is 1. The number of benzene rings is 1. The van der Waals surface area contributed by atoms with Crippen LogP contribution < -0.4 is 15.2 Å². The standard InChI is InChI=1S/C15H19N3O2/c16-7-3-1-2-4-15-17-9-12(18-15)11-5-6-13-14(8-11)20-10-19-13/h5-6,8-9H,1-4,7,10,16H2,(H,17,18). The first-order chi connectivity index (χ1) is 9.86. The molecule has 1 aromatic carbocycles. The molecule has 0 saturated carbocycles. The van der Waals surface area contributed by atoms with E-state index >= 15 is 0 Å². The van der Waals surface area contributed by atoms with Crippen LogP contribution in [0.3, 0.4) is 0 Å². The second-order valence-electron chi connectivity index (χ2n) is 4.91. The van der Waals surface area contributed by atoms with E-state index in [1.165, 1.54) is 0 Å². The van der Waals surface area contributed by atoms with Gasteiger partial charge in [0.25, 0.3) is 0 Å². The summed E-state index contributed by atoms with van der Waals surface area (Å²) in [7, 11) is 0. The first-order valence-electron chi connectivity index (χ1n) is 7.01. The number of aryl methyl sites for hydroxylation is 1. The van der Waals surface area contributed by atoms with Gasteiger partial charge >= 0.3 is 0 Å². The van der Waals surface area contributed by atoms with Crippen molar-refractivity contribution >= 4 is 0 Å². The molecule has 0 fully saturated rings. The Bertz CT molecular complexity index is 580. The molecule has 106 valence electrons. The Kier molecular flexibility index (Phi) is 3.87. The highest BCUT2D eigenvalue weighted by atomic mass is 16.7. The maximum atomic E-state index is 5.49. The molecule has 20 heavy (non-hydrogen) atoms. The molecule has 0 radical (unpaired) electrons. The van der Waals surface area contributed by atoms with Crippen LogP contribution in [-0.2, 0) is 6.42 Å². The summed E-state index contributed by atoms with van der Waals surface area (Å²) >= 11 is 0. The van der Waals surface area contributed by atoms with Crippen molar-refractivity contribution < 1.29 is 9.47 Å². The topological polar surface area (TPSA) is 73.2 Å². The monoisotopic (exact) mass is 273 g/mol. The molecule has 0 saturated heterocycles. The van der Waals surface area contributed by atoms with Gasteiger partial charge in [-0.15, -0.1) is 0 Å². The number of fused-ring (bicyclic) bond motifs is 1. The average molecular weight is 273 g/mol. The summed E-state index contributed by atoms with van der Waals surface area (Å²) in [6.07, 6.45) is 6.18. The SMILES string of the molecule is NCCCCCc1ncc(-c2ccc3c(c2)OCO3)[nH]1. The molecule has 0 aliphatic carbocycles. The molecule has 3 N–H and O–H groups in total. The predicted molar refractivity (Wildman–Crippen MR) is 76.8 cm³/mol. The fourth-order valence-corrected chi connectivity index (χ4v) is 2.31. The average Bonchev–Trinajstić information content (AvgIpc) is 3.11. The van der Waals surface area contributed by atoms with Gasteiger partial charge in [0.2, 0.25) is 6.79 Å². The van der Waals surface area contributed by atoms with Gasteiger partial charge in [0.1, 0.15) is 5.82 Å². The first kappa shape index (κ1) is 13.0. The number of rotatable bonds is 6. The molecule has 0 amide bonds. The second kappa shape index (κ2) is 5.96. The van der Waals surface area contributed by atoms with Gasteiger partial charge in [0, 0.05) is 12.0 Å². The molecule has 2 heterocycles. The summed E-state index contributed by atoms with van der Waals surface area (Å²) in [6.45, 7) is 1.06. The van der Waals surface area contributed by atoms with Crippen LogP contribution in [-0.4, -0.2) is 23.3 Å². The van der Waals surface area contributed by atoms with Crippen LogP contribution >= 0.6 is 0 Å². The molecule has 2 aromatic rings. The van der Waals surface area contributed by atoms with Gasteiger partial charge in [-0.3, -0.25) is 0 Å². The highest BCUT2D eigenvalue weighted by Crippen LogP contribution is 2.35. The Labute approximate surface area is 118 Å². The highest BCUT2D eigenvalue weighted by Gasteiger charge is 2.14. The molecule has 5 nitrogen and oxygen atoms in total. The predicted octanol–water partition coefficient (Wildman–Crippen LogP) is 2.48. The molecular formula is C15H19N3O2. The maximum Gasteiger partial charge on any atom is 0.231 e. The van der Waals surface area contributed by atoms with E-state index in [1.54, 1.807) is 0 Å². The van der Waals surface area contributed by atoms with E-state index in [9.17, 15) is 0 Å². The van der Waals surface area contributed by atoms with Gasteiger partial charge in [-0.2, -0.15) is 0 Å². The van der Waals surface area contributed by atoms with Crippen LogP contribution in [0.4, 0.5) is 0 Å². The summed E-state index contributed by atoms with van der Waals surface area (Å²) in [5.41, 5.74) is 7.56. The minimum absolute atomic E-state index is 0.300. The molecule has 3 rings (SSSR count). The van der Waals surface area contributed by atoms with Gasteiger partial charge in [-0.05, 0) is 37.6 Å². The second-order valence-corrected chi connectivity index (χ2v) is 4.91. The molecule has 0 bridgehead atoms. The Morgan fingerprint density at radius 1 is 1.15 bits per heavy atom. The molecular weight excluding hydrogens is 254 g/mol. The lowest BCUT2D eigenvalue weighted by Gasteiger charge is -2.00.